The number of aromatic nitrogens is 2. The Bertz CT molecular complexity index is 3870. The maximum atomic E-state index is 9.43. The quantitative estimate of drug-likeness (QED) is 0.0283. The molecule has 86 heavy (non-hydrogen) atoms. The molecule has 0 saturated heterocycles. The second kappa shape index (κ2) is 30.3. The Hall–Kier alpha value is -5.20. The van der Waals surface area contributed by atoms with Crippen LogP contribution in [0.2, 0.25) is 0 Å². The van der Waals surface area contributed by atoms with Gasteiger partial charge in [0.05, 0.1) is 33.5 Å². The normalized spacial score (nSPS) is 17.8. The van der Waals surface area contributed by atoms with E-state index in [-0.39, 0.29) is 36.8 Å². The average Bonchev–Trinajstić information content (AvgIpc) is 4.08. The van der Waals surface area contributed by atoms with Gasteiger partial charge in [0.25, 0.3) is 10.0 Å². The van der Waals surface area contributed by atoms with E-state index in [1.807, 2.05) is 77.4 Å². The summed E-state index contributed by atoms with van der Waals surface area (Å²) in [6.07, 6.45) is 22.8. The van der Waals surface area contributed by atoms with Crippen LogP contribution in [0.25, 0.3) is 32.6 Å². The number of rotatable bonds is 13. The number of anilines is 2. The molecule has 0 radical (unpaired) electrons. The first-order valence-electron chi connectivity index (χ1n) is 29.4. The van der Waals surface area contributed by atoms with Gasteiger partial charge in [-0.3, -0.25) is 5.04 Å². The largest absolute Gasteiger partial charge is 1.00 e. The van der Waals surface area contributed by atoms with Gasteiger partial charge >= 0.3 is 0 Å². The van der Waals surface area contributed by atoms with Crippen LogP contribution in [0.15, 0.2) is 199 Å². The number of hydrogen-bond acceptors (Lipinski definition) is 10. The molecule has 1 atom stereocenters. The van der Waals surface area contributed by atoms with Crippen LogP contribution in [0.3, 0.4) is 0 Å². The van der Waals surface area contributed by atoms with Crippen molar-refractivity contribution < 1.29 is 47.7 Å². The first-order valence-corrected chi connectivity index (χ1v) is 33.4. The van der Waals surface area contributed by atoms with Gasteiger partial charge in [-0.15, -0.1) is 0 Å². The lowest BCUT2D eigenvalue weighted by Gasteiger charge is -2.31. The number of allylic oxidation sites excluding steroid dienone is 8. The van der Waals surface area contributed by atoms with Crippen molar-refractivity contribution >= 4 is 102 Å². The Kier molecular flexibility index (Phi) is 23.5. The molecule has 0 fully saturated rings. The van der Waals surface area contributed by atoms with Gasteiger partial charge in [-0.05, 0) is 196 Å². The second-order valence-electron chi connectivity index (χ2n) is 23.6. The van der Waals surface area contributed by atoms with E-state index in [0.29, 0.717) is 5.92 Å². The second-order valence-corrected chi connectivity index (χ2v) is 28.6. The van der Waals surface area contributed by atoms with Crippen molar-refractivity contribution in [1.29, 1.82) is 0 Å². The van der Waals surface area contributed by atoms with Crippen molar-refractivity contribution in [2.75, 3.05) is 23.4 Å². The molecule has 1 unspecified atom stereocenters. The van der Waals surface area contributed by atoms with Crippen molar-refractivity contribution in [1.82, 2.24) is 0 Å². The first-order chi connectivity index (χ1) is 40.5. The summed E-state index contributed by atoms with van der Waals surface area (Å²) < 4.78 is 11.8. The molecule has 0 N–H and O–H groups in total. The van der Waals surface area contributed by atoms with E-state index >= 15 is 0 Å². The Morgan fingerprint density at radius 3 is 1.91 bits per heavy atom. The van der Waals surface area contributed by atoms with Gasteiger partial charge in [-0.2, -0.15) is 13.5 Å². The Morgan fingerprint density at radius 1 is 0.640 bits per heavy atom. The number of unbranched alkanes of at least 4 members (excludes halogenated alkanes) is 2. The van der Waals surface area contributed by atoms with Gasteiger partial charge in [0.1, 0.15) is 16.4 Å². The summed E-state index contributed by atoms with van der Waals surface area (Å²) in [4.78, 5) is 8.38. The van der Waals surface area contributed by atoms with E-state index in [4.69, 9.17) is 0 Å². The maximum absolute atomic E-state index is 9.43. The van der Waals surface area contributed by atoms with Gasteiger partial charge < -0.3 is 39.0 Å². The van der Waals surface area contributed by atoms with Crippen LogP contribution in [-0.4, -0.2) is 13.6 Å². The van der Waals surface area contributed by atoms with Crippen LogP contribution in [-0.2, 0) is 23.0 Å². The minimum atomic E-state index is 0. The SMILES string of the molecule is C.CCCCC[n+]1c(C=C2C=C(C=C3Sc4cc(C)ccc4N3CC)CC(C)(C)C2)sc2cc(C)ccc21.Cc1ccc(SOO[O-])cc1.Cc1ccc2c(c1)SC(=CC1=CC(=Cc3sc4cc(C)ccc4[n+]3C)CC(c3ccccc3)C1)N2C.[I-]. The predicted octanol–water partition coefficient (Wildman–Crippen LogP) is 16.8. The highest BCUT2D eigenvalue weighted by Gasteiger charge is 2.31. The summed E-state index contributed by atoms with van der Waals surface area (Å²) in [6.45, 7) is 22.2. The highest BCUT2D eigenvalue weighted by atomic mass is 127. The summed E-state index contributed by atoms with van der Waals surface area (Å²) >= 11 is 8.54. The third-order valence-corrected chi connectivity index (χ3v) is 20.9. The van der Waals surface area contributed by atoms with Crippen molar-refractivity contribution in [2.24, 2.45) is 12.5 Å². The van der Waals surface area contributed by atoms with E-state index in [1.165, 1.54) is 131 Å². The average molecular weight is 1350 g/mol. The molecule has 0 bridgehead atoms. The number of hydrogen-bond donors (Lipinski definition) is 0. The summed E-state index contributed by atoms with van der Waals surface area (Å²) in [5.74, 6) is 0.484. The summed E-state index contributed by atoms with van der Waals surface area (Å²) in [7, 11) is 4.38. The van der Waals surface area contributed by atoms with Gasteiger partial charge in [0, 0.05) is 59.0 Å². The molecule has 4 heterocycles. The first kappa shape index (κ1) is 66.7. The molecular formula is C73H83IN4O3S5. The summed E-state index contributed by atoms with van der Waals surface area (Å²) in [5, 5.41) is 18.0. The van der Waals surface area contributed by atoms with Crippen molar-refractivity contribution in [3.63, 3.8) is 0 Å². The Balaban J connectivity index is 0.000000186. The minimum Gasteiger partial charge on any atom is -1.00 e. The van der Waals surface area contributed by atoms with Crippen LogP contribution in [0.5, 0.6) is 0 Å². The molecule has 0 saturated carbocycles. The van der Waals surface area contributed by atoms with E-state index in [1.54, 1.807) is 0 Å². The smallest absolute Gasteiger partial charge is 0.263 e. The zero-order chi connectivity index (χ0) is 59.1. The zero-order valence-corrected chi connectivity index (χ0v) is 57.2. The fraction of sp³-hybridized carbons (Fsp3) is 0.315. The van der Waals surface area contributed by atoms with Crippen molar-refractivity contribution in [3.05, 3.63) is 227 Å². The molecule has 2 aliphatic carbocycles. The molecule has 13 heteroatoms. The topological polar surface area (TPSA) is 55.8 Å². The molecule has 0 amide bonds. The van der Waals surface area contributed by atoms with Crippen LogP contribution in [0, 0.1) is 40.0 Å². The van der Waals surface area contributed by atoms with Crippen molar-refractivity contribution in [2.45, 2.75) is 142 Å². The molecule has 6 aromatic carbocycles. The molecule has 4 aliphatic rings. The number of thioether (sulfide) groups is 2. The van der Waals surface area contributed by atoms with E-state index in [0.717, 1.165) is 61.3 Å². The summed E-state index contributed by atoms with van der Waals surface area (Å²) in [5.41, 5.74) is 19.2. The van der Waals surface area contributed by atoms with Crippen LogP contribution >= 0.6 is 58.2 Å². The molecule has 2 aliphatic heterocycles. The minimum absolute atomic E-state index is 0. The van der Waals surface area contributed by atoms with Gasteiger partial charge in [0.2, 0.25) is 11.0 Å². The predicted molar refractivity (Wildman–Crippen MR) is 365 cm³/mol. The molecule has 450 valence electrons. The lowest BCUT2D eigenvalue weighted by atomic mass is 9.75. The third-order valence-electron chi connectivity index (χ3n) is 15.9. The van der Waals surface area contributed by atoms with Gasteiger partial charge in [-0.1, -0.05) is 165 Å². The van der Waals surface area contributed by atoms with Gasteiger partial charge in [-0.25, -0.2) is 0 Å². The molecule has 0 spiro atoms. The highest BCUT2D eigenvalue weighted by molar-refractivity contribution is 8.04. The Labute approximate surface area is 550 Å². The van der Waals surface area contributed by atoms with Crippen LogP contribution in [0.4, 0.5) is 11.4 Å². The number of thiazole rings is 2. The fourth-order valence-electron chi connectivity index (χ4n) is 11.7. The third kappa shape index (κ3) is 16.5. The van der Waals surface area contributed by atoms with E-state index < -0.39 is 0 Å². The summed E-state index contributed by atoms with van der Waals surface area (Å²) in [6, 6.07) is 45.9. The number of halogens is 1. The maximum Gasteiger partial charge on any atom is 0.263 e. The van der Waals surface area contributed by atoms with Gasteiger partial charge in [0.15, 0.2) is 6.54 Å². The monoisotopic (exact) mass is 1350 g/mol. The zero-order valence-electron chi connectivity index (χ0n) is 51.0. The van der Waals surface area contributed by atoms with Crippen molar-refractivity contribution in [3.8, 4) is 0 Å². The van der Waals surface area contributed by atoms with Crippen LogP contribution in [0.1, 0.15) is 129 Å². The highest BCUT2D eigenvalue weighted by Crippen LogP contribution is 2.49. The Morgan fingerprint density at radius 2 is 1.22 bits per heavy atom. The molecule has 12 rings (SSSR count). The lowest BCUT2D eigenvalue weighted by molar-refractivity contribution is -0.777. The molecule has 2 aromatic heterocycles. The fourth-order valence-corrected chi connectivity index (χ4v) is 17.0. The molecular weight excluding hydrogens is 1270 g/mol. The van der Waals surface area contributed by atoms with Crippen LogP contribution < -0.4 is 48.2 Å². The molecule has 7 nitrogen and oxygen atoms in total. The molecule has 8 aromatic rings. The number of nitrogens with zero attached hydrogens (tertiary/aromatic N) is 4. The number of fused-ring (bicyclic) bond motifs is 4. The standard InChI is InChI=1S/C33H41N2S2.C32H31N2S2.C7H8O3S.CH4.HI/c1-7-9-10-15-35-28-14-12-24(4)17-30(28)37-32(35)20-26-18-25(21-33(5,6)22-26)19-31-34(8-2)27-13-11-23(3)16-29(27)36-31;1-21-10-12-27-29(14-21)35-31(33(27)3)19-23-16-24(18-26(17-23)25-8-6-5-7-9-25)20-32-34(4)28-13-11-22(2)15-30(28)36-32;1-6-2-4-7(5-3-6)11-10-9-8;;/h11-14,16-20H,7-10,15,21-22H2,1-6H3;5-16,19-20,26H,17-18H2,1-4H3;2-5,8H,1H3;1H4;1H/q2*+1;;;/p-2. The lowest BCUT2D eigenvalue weighted by Crippen LogP contribution is -3.00. The van der Waals surface area contributed by atoms with E-state index in [2.05, 4.69) is 237 Å². The van der Waals surface area contributed by atoms with E-state index in [9.17, 15) is 5.26 Å². The number of aryl methyl sites for hydroxylation is 7. The number of benzene rings is 6.